The summed E-state index contributed by atoms with van der Waals surface area (Å²) in [6, 6.07) is 7.56. The van der Waals surface area contributed by atoms with Crippen molar-refractivity contribution in [1.82, 2.24) is 19.5 Å². The van der Waals surface area contributed by atoms with Gasteiger partial charge in [-0.1, -0.05) is 35.0 Å². The SMILES string of the molecule is CCCn1c(=O)[nH]c(=O)c2[nH]c(-c3ccc(Br)cc3)nc21. The first kappa shape index (κ1) is 13.8. The standard InChI is InChI=1S/C14H13BrN4O2/c1-2-7-19-12-10(13(20)18-14(19)21)16-11(17-12)8-3-5-9(15)6-4-8/h3-6H,2,7H2,1H3,(H,16,17)(H,18,20,21). The number of nitrogens with one attached hydrogen (secondary N) is 2. The molecule has 2 aromatic heterocycles. The van der Waals surface area contributed by atoms with Crippen LogP contribution < -0.4 is 11.2 Å². The lowest BCUT2D eigenvalue weighted by Gasteiger charge is -2.02. The fourth-order valence-electron chi connectivity index (χ4n) is 2.22. The monoisotopic (exact) mass is 348 g/mol. The van der Waals surface area contributed by atoms with Gasteiger partial charge < -0.3 is 4.98 Å². The van der Waals surface area contributed by atoms with Gasteiger partial charge in [0.1, 0.15) is 11.3 Å². The molecular formula is C14H13BrN4O2. The maximum absolute atomic E-state index is 11.9. The number of aryl methyl sites for hydroxylation is 1. The molecule has 1 aromatic carbocycles. The molecule has 3 rings (SSSR count). The van der Waals surface area contributed by atoms with Crippen molar-refractivity contribution in [2.45, 2.75) is 19.9 Å². The van der Waals surface area contributed by atoms with Gasteiger partial charge in [0.05, 0.1) is 0 Å². The van der Waals surface area contributed by atoms with Crippen LogP contribution in [-0.2, 0) is 6.54 Å². The van der Waals surface area contributed by atoms with E-state index in [2.05, 4.69) is 30.9 Å². The lowest BCUT2D eigenvalue weighted by atomic mass is 10.2. The molecule has 21 heavy (non-hydrogen) atoms. The van der Waals surface area contributed by atoms with Crippen molar-refractivity contribution in [2.75, 3.05) is 0 Å². The molecule has 3 aromatic rings. The predicted octanol–water partition coefficient (Wildman–Crippen LogP) is 2.25. The Morgan fingerprint density at radius 1 is 1.19 bits per heavy atom. The van der Waals surface area contributed by atoms with Gasteiger partial charge in [0, 0.05) is 16.6 Å². The Kier molecular flexibility index (Phi) is 3.50. The third-order valence-corrected chi connectivity index (χ3v) is 3.73. The van der Waals surface area contributed by atoms with Crippen LogP contribution >= 0.6 is 15.9 Å². The molecule has 108 valence electrons. The zero-order chi connectivity index (χ0) is 15.0. The molecule has 0 fully saturated rings. The van der Waals surface area contributed by atoms with E-state index in [0.29, 0.717) is 23.5 Å². The molecule has 0 saturated carbocycles. The van der Waals surface area contributed by atoms with Crippen LogP contribution in [0.2, 0.25) is 0 Å². The number of fused-ring (bicyclic) bond motifs is 1. The number of imidazole rings is 1. The van der Waals surface area contributed by atoms with Crippen LogP contribution in [0, 0.1) is 0 Å². The van der Waals surface area contributed by atoms with Gasteiger partial charge in [-0.05, 0) is 18.6 Å². The van der Waals surface area contributed by atoms with Crippen molar-refractivity contribution in [3.63, 3.8) is 0 Å². The lowest BCUT2D eigenvalue weighted by Crippen LogP contribution is -2.30. The number of benzene rings is 1. The molecule has 0 unspecified atom stereocenters. The van der Waals surface area contributed by atoms with Gasteiger partial charge in [-0.25, -0.2) is 9.78 Å². The maximum Gasteiger partial charge on any atom is 0.330 e. The quantitative estimate of drug-likeness (QED) is 0.761. The van der Waals surface area contributed by atoms with E-state index in [0.717, 1.165) is 16.5 Å². The summed E-state index contributed by atoms with van der Waals surface area (Å²) in [5.74, 6) is 0.568. The van der Waals surface area contributed by atoms with Gasteiger partial charge in [-0.3, -0.25) is 14.3 Å². The Morgan fingerprint density at radius 3 is 2.57 bits per heavy atom. The molecule has 0 bridgehead atoms. The van der Waals surface area contributed by atoms with Crippen molar-refractivity contribution in [3.05, 3.63) is 49.6 Å². The molecule has 0 radical (unpaired) electrons. The highest BCUT2D eigenvalue weighted by atomic mass is 79.9. The van der Waals surface area contributed by atoms with Gasteiger partial charge in [0.25, 0.3) is 5.56 Å². The summed E-state index contributed by atoms with van der Waals surface area (Å²) >= 11 is 3.37. The third-order valence-electron chi connectivity index (χ3n) is 3.20. The topological polar surface area (TPSA) is 83.5 Å². The summed E-state index contributed by atoms with van der Waals surface area (Å²) in [7, 11) is 0. The second-order valence-corrected chi connectivity index (χ2v) is 5.62. The third kappa shape index (κ3) is 2.44. The van der Waals surface area contributed by atoms with Gasteiger partial charge in [-0.2, -0.15) is 0 Å². The van der Waals surface area contributed by atoms with Crippen molar-refractivity contribution in [2.24, 2.45) is 0 Å². The van der Waals surface area contributed by atoms with Crippen LogP contribution in [0.1, 0.15) is 13.3 Å². The number of hydrogen-bond acceptors (Lipinski definition) is 3. The van der Waals surface area contributed by atoms with Crippen molar-refractivity contribution in [1.29, 1.82) is 0 Å². The fraction of sp³-hybridized carbons (Fsp3) is 0.214. The number of hydrogen-bond donors (Lipinski definition) is 2. The van der Waals surface area contributed by atoms with E-state index in [-0.39, 0.29) is 0 Å². The highest BCUT2D eigenvalue weighted by Gasteiger charge is 2.13. The second kappa shape index (κ2) is 5.33. The predicted molar refractivity (Wildman–Crippen MR) is 84.4 cm³/mol. The minimum Gasteiger partial charge on any atom is -0.332 e. The summed E-state index contributed by atoms with van der Waals surface area (Å²) in [5.41, 5.74) is 0.690. The molecule has 0 aliphatic carbocycles. The van der Waals surface area contributed by atoms with E-state index >= 15 is 0 Å². The average molecular weight is 349 g/mol. The Balaban J connectivity index is 2.26. The van der Waals surface area contributed by atoms with E-state index in [1.807, 2.05) is 31.2 Å². The Hall–Kier alpha value is -2.15. The van der Waals surface area contributed by atoms with E-state index in [1.165, 1.54) is 4.57 Å². The highest BCUT2D eigenvalue weighted by Crippen LogP contribution is 2.20. The molecule has 0 aliphatic heterocycles. The second-order valence-electron chi connectivity index (χ2n) is 4.70. The van der Waals surface area contributed by atoms with Crippen LogP contribution in [0.5, 0.6) is 0 Å². The van der Waals surface area contributed by atoms with Gasteiger partial charge in [0.15, 0.2) is 5.65 Å². The van der Waals surface area contributed by atoms with E-state index < -0.39 is 11.2 Å². The zero-order valence-electron chi connectivity index (χ0n) is 11.3. The number of halogens is 1. The first-order chi connectivity index (χ1) is 10.1. The smallest absolute Gasteiger partial charge is 0.330 e. The first-order valence-corrected chi connectivity index (χ1v) is 7.38. The molecule has 0 amide bonds. The largest absolute Gasteiger partial charge is 0.332 e. The van der Waals surface area contributed by atoms with Gasteiger partial charge >= 0.3 is 5.69 Å². The highest BCUT2D eigenvalue weighted by molar-refractivity contribution is 9.10. The molecule has 0 spiro atoms. The summed E-state index contributed by atoms with van der Waals surface area (Å²) in [6.07, 6.45) is 0.779. The fourth-order valence-corrected chi connectivity index (χ4v) is 2.48. The van der Waals surface area contributed by atoms with Crippen LogP contribution in [0.3, 0.4) is 0 Å². The molecule has 6 nitrogen and oxygen atoms in total. The zero-order valence-corrected chi connectivity index (χ0v) is 12.9. The summed E-state index contributed by atoms with van der Waals surface area (Å²) < 4.78 is 2.44. The average Bonchev–Trinajstić information content (AvgIpc) is 2.90. The lowest BCUT2D eigenvalue weighted by molar-refractivity contribution is 0.653. The molecular weight excluding hydrogens is 336 g/mol. The van der Waals surface area contributed by atoms with Crippen molar-refractivity contribution < 1.29 is 0 Å². The van der Waals surface area contributed by atoms with E-state index in [9.17, 15) is 9.59 Å². The number of H-pyrrole nitrogens is 2. The number of aromatic amines is 2. The van der Waals surface area contributed by atoms with Crippen LogP contribution in [-0.4, -0.2) is 19.5 Å². The molecule has 7 heteroatoms. The molecule has 0 atom stereocenters. The molecule has 2 N–H and O–H groups in total. The summed E-state index contributed by atoms with van der Waals surface area (Å²) in [6.45, 7) is 2.47. The van der Waals surface area contributed by atoms with E-state index in [4.69, 9.17) is 0 Å². The van der Waals surface area contributed by atoms with Gasteiger partial charge in [-0.15, -0.1) is 0 Å². The Bertz CT molecular complexity index is 905. The Labute approximate surface area is 128 Å². The number of aromatic nitrogens is 4. The van der Waals surface area contributed by atoms with Crippen LogP contribution in [0.25, 0.3) is 22.6 Å². The van der Waals surface area contributed by atoms with Crippen molar-refractivity contribution in [3.8, 4) is 11.4 Å². The molecule has 0 aliphatic rings. The van der Waals surface area contributed by atoms with Gasteiger partial charge in [0.2, 0.25) is 0 Å². The molecule has 2 heterocycles. The van der Waals surface area contributed by atoms with E-state index in [1.54, 1.807) is 0 Å². The van der Waals surface area contributed by atoms with Crippen molar-refractivity contribution >= 4 is 27.1 Å². The molecule has 0 saturated heterocycles. The maximum atomic E-state index is 11.9. The normalized spacial score (nSPS) is 11.1. The number of rotatable bonds is 3. The van der Waals surface area contributed by atoms with Crippen LogP contribution in [0.4, 0.5) is 0 Å². The minimum atomic E-state index is -0.446. The Morgan fingerprint density at radius 2 is 1.90 bits per heavy atom. The summed E-state index contributed by atoms with van der Waals surface area (Å²) in [5, 5.41) is 0. The first-order valence-electron chi connectivity index (χ1n) is 6.59. The summed E-state index contributed by atoms with van der Waals surface area (Å²) in [4.78, 5) is 33.5. The van der Waals surface area contributed by atoms with Crippen LogP contribution in [0.15, 0.2) is 38.3 Å². The number of nitrogens with zero attached hydrogens (tertiary/aromatic N) is 2. The minimum absolute atomic E-state index is 0.320.